The normalized spacial score (nSPS) is 12.3. The van der Waals surface area contributed by atoms with E-state index in [0.29, 0.717) is 30.2 Å². The van der Waals surface area contributed by atoms with Crippen LogP contribution in [-0.2, 0) is 16.4 Å². The lowest BCUT2D eigenvalue weighted by Crippen LogP contribution is -2.23. The van der Waals surface area contributed by atoms with Gasteiger partial charge in [0.1, 0.15) is 10.6 Å². The third kappa shape index (κ3) is 5.53. The maximum absolute atomic E-state index is 12.0. The molecule has 0 saturated heterocycles. The molecule has 0 radical (unpaired) electrons. The molecule has 0 aliphatic rings. The Hall–Kier alpha value is -2.45. The molecule has 0 fully saturated rings. The van der Waals surface area contributed by atoms with E-state index in [9.17, 15) is 8.42 Å². The van der Waals surface area contributed by atoms with E-state index in [4.69, 9.17) is 19.3 Å². The van der Waals surface area contributed by atoms with Crippen LogP contribution in [0.2, 0.25) is 0 Å². The van der Waals surface area contributed by atoms with Gasteiger partial charge >= 0.3 is 0 Å². The summed E-state index contributed by atoms with van der Waals surface area (Å²) in [6.45, 7) is 6.26. The molecule has 2 aromatic carbocycles. The van der Waals surface area contributed by atoms with Crippen molar-refractivity contribution in [1.29, 1.82) is 0 Å². The van der Waals surface area contributed by atoms with Crippen molar-refractivity contribution < 1.29 is 22.6 Å². The highest BCUT2D eigenvalue weighted by molar-refractivity contribution is 7.89. The number of ether oxygens (including phenoxy) is 3. The fourth-order valence-electron chi connectivity index (χ4n) is 2.92. The summed E-state index contributed by atoms with van der Waals surface area (Å²) in [5, 5.41) is 8.56. The quantitative estimate of drug-likeness (QED) is 0.584. The first-order valence-electron chi connectivity index (χ1n) is 9.18. The summed E-state index contributed by atoms with van der Waals surface area (Å²) in [6, 6.07) is 10.7. The highest BCUT2D eigenvalue weighted by atomic mass is 32.2. The van der Waals surface area contributed by atoms with Crippen molar-refractivity contribution in [3.8, 4) is 17.2 Å². The number of anilines is 1. The molecule has 8 heteroatoms. The van der Waals surface area contributed by atoms with E-state index in [0.717, 1.165) is 12.0 Å². The number of nitrogens with two attached hydrogens (primary N) is 1. The molecule has 28 heavy (non-hydrogen) atoms. The molecule has 0 amide bonds. The zero-order valence-electron chi connectivity index (χ0n) is 16.7. The smallest absolute Gasteiger partial charge is 0.241 e. The summed E-state index contributed by atoms with van der Waals surface area (Å²) in [5.74, 6) is 1.52. The molecule has 1 atom stereocenters. The third-order valence-electron chi connectivity index (χ3n) is 3.98. The molecular weight excluding hydrogens is 380 g/mol. The molecule has 0 aromatic heterocycles. The van der Waals surface area contributed by atoms with Crippen LogP contribution in [0.5, 0.6) is 17.2 Å². The highest BCUT2D eigenvalue weighted by Gasteiger charge is 2.20. The Morgan fingerprint density at radius 2 is 1.82 bits per heavy atom. The van der Waals surface area contributed by atoms with Gasteiger partial charge in [0, 0.05) is 5.69 Å². The predicted octanol–water partition coefficient (Wildman–Crippen LogP) is 3.53. The van der Waals surface area contributed by atoms with E-state index in [1.54, 1.807) is 0 Å². The van der Waals surface area contributed by atoms with Gasteiger partial charge in [0.15, 0.2) is 17.7 Å². The van der Waals surface area contributed by atoms with Gasteiger partial charge in [0.05, 0.1) is 13.7 Å². The van der Waals surface area contributed by atoms with Crippen molar-refractivity contribution in [2.45, 2.75) is 44.7 Å². The monoisotopic (exact) mass is 408 g/mol. The molecule has 1 unspecified atom stereocenters. The number of sulfonamides is 1. The topological polar surface area (TPSA) is 99.9 Å². The van der Waals surface area contributed by atoms with Gasteiger partial charge in [-0.3, -0.25) is 0 Å². The van der Waals surface area contributed by atoms with Crippen LogP contribution in [0, 0.1) is 0 Å². The van der Waals surface area contributed by atoms with Crippen LogP contribution in [0.15, 0.2) is 41.3 Å². The van der Waals surface area contributed by atoms with Crippen LogP contribution in [0.1, 0.15) is 32.8 Å². The number of methoxy groups -OCH3 is 1. The Kier molecular flexibility index (Phi) is 7.53. The van der Waals surface area contributed by atoms with E-state index in [1.165, 1.54) is 13.2 Å². The maximum Gasteiger partial charge on any atom is 0.241 e. The van der Waals surface area contributed by atoms with Gasteiger partial charge in [-0.25, -0.2) is 13.6 Å². The summed E-state index contributed by atoms with van der Waals surface area (Å²) in [6.07, 6.45) is 1.04. The second-order valence-electron chi connectivity index (χ2n) is 6.25. The molecule has 7 nitrogen and oxygen atoms in total. The van der Waals surface area contributed by atoms with Crippen LogP contribution in [-0.4, -0.2) is 28.4 Å². The van der Waals surface area contributed by atoms with Gasteiger partial charge in [-0.05, 0) is 50.1 Å². The SMILES string of the molecule is CCCc1cc(NC(C)Oc2ccccc2OCC)cc(S(N)(=O)=O)c1OC. The minimum atomic E-state index is -3.94. The number of aryl methyl sites for hydroxylation is 1. The maximum atomic E-state index is 12.0. The summed E-state index contributed by atoms with van der Waals surface area (Å²) < 4.78 is 40.9. The van der Waals surface area contributed by atoms with Crippen LogP contribution in [0.3, 0.4) is 0 Å². The Morgan fingerprint density at radius 3 is 2.39 bits per heavy atom. The summed E-state index contributed by atoms with van der Waals surface area (Å²) in [4.78, 5) is -0.0506. The summed E-state index contributed by atoms with van der Waals surface area (Å²) in [5.41, 5.74) is 1.34. The molecule has 0 aliphatic heterocycles. The second-order valence-corrected chi connectivity index (χ2v) is 7.78. The second kappa shape index (κ2) is 9.66. The fraction of sp³-hybridized carbons (Fsp3) is 0.400. The molecule has 0 saturated carbocycles. The van der Waals surface area contributed by atoms with Gasteiger partial charge in [0.25, 0.3) is 0 Å². The van der Waals surface area contributed by atoms with E-state index < -0.39 is 16.3 Å². The first-order chi connectivity index (χ1) is 13.3. The number of primary sulfonamides is 1. The number of nitrogens with one attached hydrogen (secondary N) is 1. The summed E-state index contributed by atoms with van der Waals surface area (Å²) >= 11 is 0. The fourth-order valence-corrected chi connectivity index (χ4v) is 3.68. The zero-order chi connectivity index (χ0) is 20.7. The zero-order valence-corrected chi connectivity index (χ0v) is 17.5. The van der Waals surface area contributed by atoms with Crippen LogP contribution < -0.4 is 24.7 Å². The average molecular weight is 409 g/mol. The van der Waals surface area contributed by atoms with Crippen molar-refractivity contribution in [2.75, 3.05) is 19.0 Å². The summed E-state index contributed by atoms with van der Waals surface area (Å²) in [7, 11) is -2.51. The number of hydrogen-bond donors (Lipinski definition) is 2. The molecule has 2 aromatic rings. The van der Waals surface area contributed by atoms with E-state index >= 15 is 0 Å². The molecular formula is C20H28N2O5S. The molecule has 154 valence electrons. The van der Waals surface area contributed by atoms with Gasteiger partial charge in [-0.1, -0.05) is 25.5 Å². The van der Waals surface area contributed by atoms with Gasteiger partial charge in [-0.2, -0.15) is 0 Å². The highest BCUT2D eigenvalue weighted by Crippen LogP contribution is 2.33. The van der Waals surface area contributed by atoms with E-state index in [2.05, 4.69) is 5.32 Å². The van der Waals surface area contributed by atoms with E-state index in [1.807, 2.05) is 51.1 Å². The standard InChI is InChI=1S/C20H28N2O5S/c1-5-9-15-12-16(13-19(20(15)25-4)28(21,23)24)22-14(3)27-18-11-8-7-10-17(18)26-6-2/h7-8,10-14,22H,5-6,9H2,1-4H3,(H2,21,23,24). The molecule has 0 aliphatic carbocycles. The molecule has 0 bridgehead atoms. The Balaban J connectivity index is 2.31. The van der Waals surface area contributed by atoms with E-state index in [-0.39, 0.29) is 10.6 Å². The lowest BCUT2D eigenvalue weighted by atomic mass is 10.1. The number of benzene rings is 2. The molecule has 3 N–H and O–H groups in total. The number of hydrogen-bond acceptors (Lipinski definition) is 6. The predicted molar refractivity (Wildman–Crippen MR) is 110 cm³/mol. The molecule has 0 heterocycles. The Bertz CT molecular complexity index is 899. The van der Waals surface area contributed by atoms with Gasteiger partial charge in [0.2, 0.25) is 10.0 Å². The van der Waals surface area contributed by atoms with Crippen molar-refractivity contribution in [2.24, 2.45) is 5.14 Å². The Morgan fingerprint density at radius 1 is 1.14 bits per heavy atom. The van der Waals surface area contributed by atoms with Gasteiger partial charge in [-0.15, -0.1) is 0 Å². The largest absolute Gasteiger partial charge is 0.495 e. The minimum Gasteiger partial charge on any atom is -0.495 e. The first kappa shape index (κ1) is 21.8. The van der Waals surface area contributed by atoms with Crippen molar-refractivity contribution in [1.82, 2.24) is 0 Å². The Labute approximate surface area is 166 Å². The van der Waals surface area contributed by atoms with Crippen LogP contribution >= 0.6 is 0 Å². The molecule has 0 spiro atoms. The van der Waals surface area contributed by atoms with Crippen molar-refractivity contribution in [3.05, 3.63) is 42.0 Å². The number of para-hydroxylation sites is 2. The van der Waals surface area contributed by atoms with Crippen molar-refractivity contribution >= 4 is 15.7 Å². The average Bonchev–Trinajstić information content (AvgIpc) is 2.62. The van der Waals surface area contributed by atoms with Crippen molar-refractivity contribution in [3.63, 3.8) is 0 Å². The minimum absolute atomic E-state index is 0.0506. The van der Waals surface area contributed by atoms with Crippen LogP contribution in [0.25, 0.3) is 0 Å². The van der Waals surface area contributed by atoms with Crippen LogP contribution in [0.4, 0.5) is 5.69 Å². The lowest BCUT2D eigenvalue weighted by molar-refractivity contribution is 0.230. The molecule has 2 rings (SSSR count). The lowest BCUT2D eigenvalue weighted by Gasteiger charge is -2.21. The first-order valence-corrected chi connectivity index (χ1v) is 10.7. The third-order valence-corrected chi connectivity index (χ3v) is 4.90. The number of rotatable bonds is 10. The van der Waals surface area contributed by atoms with Gasteiger partial charge < -0.3 is 19.5 Å².